The molecule has 0 aromatic heterocycles. The molecule has 0 fully saturated rings. The second-order valence-electron chi connectivity index (χ2n) is 11.1. The van der Waals surface area contributed by atoms with Crippen LogP contribution in [0.4, 0.5) is 0 Å². The molecule has 37 heavy (non-hydrogen) atoms. The van der Waals surface area contributed by atoms with Crippen molar-refractivity contribution in [3.63, 3.8) is 0 Å². The van der Waals surface area contributed by atoms with Crippen LogP contribution in [0.5, 0.6) is 0 Å². The lowest BCUT2D eigenvalue weighted by Gasteiger charge is -2.06. The summed E-state index contributed by atoms with van der Waals surface area (Å²) in [5.74, 6) is 0.0237. The minimum absolute atomic E-state index is 0. The minimum atomic E-state index is 0. The molecule has 0 radical (unpaired) electrons. The minimum Gasteiger partial charge on any atom is -0.466 e. The summed E-state index contributed by atoms with van der Waals surface area (Å²) in [6.07, 6.45) is 36.9. The quantitative estimate of drug-likeness (QED) is 0.0812. The molecule has 226 valence electrons. The largest absolute Gasteiger partial charge is 0.466 e. The maximum atomic E-state index is 11.8. The van der Waals surface area contributed by atoms with E-state index in [1.807, 2.05) is 0 Å². The van der Waals surface area contributed by atoms with E-state index in [1.165, 1.54) is 161 Å². The molecule has 0 amide bonds. The first-order chi connectivity index (χ1) is 17.7. The Bertz CT molecular complexity index is 384. The van der Waals surface area contributed by atoms with Crippen molar-refractivity contribution in [1.29, 1.82) is 0 Å². The van der Waals surface area contributed by atoms with Crippen LogP contribution in [0.2, 0.25) is 0 Å². The van der Waals surface area contributed by atoms with Crippen molar-refractivity contribution in [2.75, 3.05) is 6.61 Å². The number of carbonyl (C=O) groups is 1. The SMILES string of the molecule is CCCC.CCCCCCCCCCCCCCCCCC(=O)OCCCCCCCCCCCC.N. The van der Waals surface area contributed by atoms with Crippen molar-refractivity contribution < 1.29 is 9.53 Å². The molecule has 0 unspecified atom stereocenters. The lowest BCUT2D eigenvalue weighted by atomic mass is 10.0. The number of hydrogen-bond donors (Lipinski definition) is 1. The van der Waals surface area contributed by atoms with Crippen LogP contribution in [-0.4, -0.2) is 12.6 Å². The van der Waals surface area contributed by atoms with Crippen molar-refractivity contribution in [2.24, 2.45) is 0 Å². The molecule has 0 aromatic rings. The van der Waals surface area contributed by atoms with Crippen molar-refractivity contribution >= 4 is 5.97 Å². The third-order valence-corrected chi connectivity index (χ3v) is 7.25. The molecular formula is C34H73NO2. The number of hydrogen-bond acceptors (Lipinski definition) is 3. The van der Waals surface area contributed by atoms with Gasteiger partial charge in [-0.05, 0) is 12.8 Å². The number of unbranched alkanes of at least 4 members (excludes halogenated alkanes) is 24. The highest BCUT2D eigenvalue weighted by molar-refractivity contribution is 5.69. The molecule has 0 aliphatic rings. The number of esters is 1. The Balaban J connectivity index is -0.00000214. The third kappa shape index (κ3) is 42.8. The number of carbonyl (C=O) groups excluding carboxylic acids is 1. The Morgan fingerprint density at radius 3 is 0.946 bits per heavy atom. The number of ether oxygens (including phenoxy) is 1. The van der Waals surface area contributed by atoms with Crippen molar-refractivity contribution in [3.05, 3.63) is 0 Å². The molecule has 0 aliphatic carbocycles. The smallest absolute Gasteiger partial charge is 0.305 e. The van der Waals surface area contributed by atoms with Gasteiger partial charge in [-0.25, -0.2) is 0 Å². The molecule has 3 N–H and O–H groups in total. The van der Waals surface area contributed by atoms with Gasteiger partial charge in [0.1, 0.15) is 0 Å². The maximum absolute atomic E-state index is 11.8. The van der Waals surface area contributed by atoms with Crippen LogP contribution in [0.25, 0.3) is 0 Å². The highest BCUT2D eigenvalue weighted by Gasteiger charge is 2.02. The van der Waals surface area contributed by atoms with Gasteiger partial charge in [0.2, 0.25) is 0 Å². The van der Waals surface area contributed by atoms with E-state index in [9.17, 15) is 4.79 Å². The highest BCUT2D eigenvalue weighted by atomic mass is 16.5. The molecule has 0 spiro atoms. The maximum Gasteiger partial charge on any atom is 0.305 e. The lowest BCUT2D eigenvalue weighted by Crippen LogP contribution is -2.05. The van der Waals surface area contributed by atoms with Gasteiger partial charge in [0.15, 0.2) is 0 Å². The molecule has 0 saturated carbocycles. The van der Waals surface area contributed by atoms with Gasteiger partial charge in [0.25, 0.3) is 0 Å². The van der Waals surface area contributed by atoms with E-state index >= 15 is 0 Å². The van der Waals surface area contributed by atoms with Gasteiger partial charge in [0.05, 0.1) is 6.61 Å². The predicted octanol–water partition coefficient (Wildman–Crippen LogP) is 12.7. The van der Waals surface area contributed by atoms with Crippen LogP contribution in [0.1, 0.15) is 207 Å². The van der Waals surface area contributed by atoms with E-state index in [1.54, 1.807) is 0 Å². The highest BCUT2D eigenvalue weighted by Crippen LogP contribution is 2.14. The van der Waals surface area contributed by atoms with E-state index in [4.69, 9.17) is 4.74 Å². The van der Waals surface area contributed by atoms with Gasteiger partial charge in [0, 0.05) is 6.42 Å². The molecular weight excluding hydrogens is 454 g/mol. The normalized spacial score (nSPS) is 10.5. The fourth-order valence-electron chi connectivity index (χ4n) is 4.49. The molecule has 3 nitrogen and oxygen atoms in total. The predicted molar refractivity (Wildman–Crippen MR) is 168 cm³/mol. The van der Waals surface area contributed by atoms with Gasteiger partial charge in [-0.3, -0.25) is 4.79 Å². The average molecular weight is 528 g/mol. The van der Waals surface area contributed by atoms with Gasteiger partial charge in [-0.1, -0.05) is 188 Å². The first-order valence-electron chi connectivity index (χ1n) is 16.9. The molecule has 0 heterocycles. The summed E-state index contributed by atoms with van der Waals surface area (Å²) in [5.41, 5.74) is 0. The summed E-state index contributed by atoms with van der Waals surface area (Å²) in [5, 5.41) is 0. The van der Waals surface area contributed by atoms with Gasteiger partial charge in [-0.15, -0.1) is 0 Å². The van der Waals surface area contributed by atoms with Crippen molar-refractivity contribution in [2.45, 2.75) is 207 Å². The van der Waals surface area contributed by atoms with Crippen LogP contribution in [0.3, 0.4) is 0 Å². The van der Waals surface area contributed by atoms with E-state index in [0.717, 1.165) is 12.8 Å². The summed E-state index contributed by atoms with van der Waals surface area (Å²) in [7, 11) is 0. The average Bonchev–Trinajstić information content (AvgIpc) is 2.89. The summed E-state index contributed by atoms with van der Waals surface area (Å²) >= 11 is 0. The van der Waals surface area contributed by atoms with Crippen LogP contribution in [-0.2, 0) is 9.53 Å². The van der Waals surface area contributed by atoms with Crippen LogP contribution in [0, 0.1) is 0 Å². The molecule has 0 aliphatic heterocycles. The first-order valence-corrected chi connectivity index (χ1v) is 16.9. The second-order valence-corrected chi connectivity index (χ2v) is 11.1. The zero-order valence-electron chi connectivity index (χ0n) is 26.5. The topological polar surface area (TPSA) is 61.3 Å². The monoisotopic (exact) mass is 528 g/mol. The Hall–Kier alpha value is -0.570. The summed E-state index contributed by atoms with van der Waals surface area (Å²) in [4.78, 5) is 11.8. The van der Waals surface area contributed by atoms with Gasteiger partial charge >= 0.3 is 5.97 Å². The fraction of sp³-hybridized carbons (Fsp3) is 0.971. The molecule has 0 atom stereocenters. The van der Waals surface area contributed by atoms with Crippen LogP contribution >= 0.6 is 0 Å². The molecule has 0 aromatic carbocycles. The Morgan fingerprint density at radius 2 is 0.649 bits per heavy atom. The number of rotatable bonds is 28. The van der Waals surface area contributed by atoms with Crippen LogP contribution in [0.15, 0.2) is 0 Å². The lowest BCUT2D eigenvalue weighted by molar-refractivity contribution is -0.143. The fourth-order valence-corrected chi connectivity index (χ4v) is 4.49. The van der Waals surface area contributed by atoms with E-state index in [2.05, 4.69) is 27.7 Å². The summed E-state index contributed by atoms with van der Waals surface area (Å²) < 4.78 is 5.39. The summed E-state index contributed by atoms with van der Waals surface area (Å²) in [6, 6.07) is 0. The van der Waals surface area contributed by atoms with Crippen molar-refractivity contribution in [1.82, 2.24) is 6.15 Å². The summed E-state index contributed by atoms with van der Waals surface area (Å²) in [6.45, 7) is 9.55. The van der Waals surface area contributed by atoms with Gasteiger partial charge < -0.3 is 10.9 Å². The molecule has 0 saturated heterocycles. The Labute approximate surface area is 235 Å². The zero-order chi connectivity index (χ0) is 26.8. The van der Waals surface area contributed by atoms with E-state index in [-0.39, 0.29) is 12.1 Å². The zero-order valence-corrected chi connectivity index (χ0v) is 26.5. The molecule has 3 heteroatoms. The Kier molecular flexibility index (Phi) is 44.2. The van der Waals surface area contributed by atoms with E-state index < -0.39 is 0 Å². The standard InChI is InChI=1S/C30H60O2.C4H10.H3N/c1-3-5-7-9-11-13-15-16-17-18-19-20-22-24-26-28-30(31)32-29-27-25-23-21-14-12-10-8-6-4-2;1-3-4-2;/h3-29H2,1-2H3;3-4H2,1-2H3;1H3. The Morgan fingerprint density at radius 1 is 0.378 bits per heavy atom. The van der Waals surface area contributed by atoms with Crippen LogP contribution < -0.4 is 6.15 Å². The van der Waals surface area contributed by atoms with Crippen molar-refractivity contribution in [3.8, 4) is 0 Å². The molecule has 0 bridgehead atoms. The second kappa shape index (κ2) is 39.9. The van der Waals surface area contributed by atoms with E-state index in [0.29, 0.717) is 13.0 Å². The van der Waals surface area contributed by atoms with Gasteiger partial charge in [-0.2, -0.15) is 0 Å². The third-order valence-electron chi connectivity index (χ3n) is 7.25. The molecule has 0 rings (SSSR count). The first kappa shape index (κ1) is 40.9.